The minimum atomic E-state index is -4.49. The molecule has 0 unspecified atom stereocenters. The van der Waals surface area contributed by atoms with Crippen molar-refractivity contribution >= 4 is 5.91 Å². The number of alkyl halides is 3. The SMILES string of the molecule is COc1ccc(C(=O)NOCC(F)(F)F)cn1. The molecule has 0 radical (unpaired) electrons. The predicted molar refractivity (Wildman–Crippen MR) is 50.3 cm³/mol. The van der Waals surface area contributed by atoms with Crippen molar-refractivity contribution < 1.29 is 27.5 Å². The van der Waals surface area contributed by atoms with Crippen molar-refractivity contribution in [2.75, 3.05) is 13.7 Å². The Balaban J connectivity index is 2.47. The number of rotatable bonds is 4. The molecule has 8 heteroatoms. The molecule has 0 saturated heterocycles. The highest BCUT2D eigenvalue weighted by molar-refractivity contribution is 5.93. The largest absolute Gasteiger partial charge is 0.481 e. The van der Waals surface area contributed by atoms with E-state index >= 15 is 0 Å². The van der Waals surface area contributed by atoms with Crippen LogP contribution in [0.5, 0.6) is 5.88 Å². The van der Waals surface area contributed by atoms with Crippen LogP contribution in [-0.4, -0.2) is 30.8 Å². The van der Waals surface area contributed by atoms with Crippen LogP contribution in [0.1, 0.15) is 10.4 Å². The molecule has 0 fully saturated rings. The van der Waals surface area contributed by atoms with Crippen molar-refractivity contribution in [3.05, 3.63) is 23.9 Å². The summed E-state index contributed by atoms with van der Waals surface area (Å²) in [6.07, 6.45) is -3.34. The lowest BCUT2D eigenvalue weighted by atomic mass is 10.3. The average molecular weight is 250 g/mol. The summed E-state index contributed by atoms with van der Waals surface area (Å²) in [7, 11) is 1.40. The Hall–Kier alpha value is -1.83. The molecule has 1 rings (SSSR count). The molecule has 0 aromatic carbocycles. The number of nitrogens with one attached hydrogen (secondary N) is 1. The number of carbonyl (C=O) groups is 1. The Morgan fingerprint density at radius 3 is 2.65 bits per heavy atom. The van der Waals surface area contributed by atoms with Crippen molar-refractivity contribution in [3.63, 3.8) is 0 Å². The zero-order valence-corrected chi connectivity index (χ0v) is 8.75. The summed E-state index contributed by atoms with van der Waals surface area (Å²) in [5, 5.41) is 0. The zero-order chi connectivity index (χ0) is 12.9. The van der Waals surface area contributed by atoms with Crippen molar-refractivity contribution in [1.29, 1.82) is 0 Å². The van der Waals surface area contributed by atoms with E-state index in [-0.39, 0.29) is 11.4 Å². The summed E-state index contributed by atoms with van der Waals surface area (Å²) in [6, 6.07) is 2.75. The number of amides is 1. The summed E-state index contributed by atoms with van der Waals surface area (Å²) < 4.78 is 39.9. The molecule has 0 bridgehead atoms. The van der Waals surface area contributed by atoms with Gasteiger partial charge < -0.3 is 4.74 Å². The summed E-state index contributed by atoms with van der Waals surface area (Å²) in [6.45, 7) is -1.55. The Bertz CT molecular complexity index is 378. The molecular weight excluding hydrogens is 241 g/mol. The molecule has 1 aromatic rings. The van der Waals surface area contributed by atoms with E-state index in [1.54, 1.807) is 5.48 Å². The van der Waals surface area contributed by atoms with Gasteiger partial charge in [0.05, 0.1) is 12.7 Å². The quantitative estimate of drug-likeness (QED) is 0.818. The Morgan fingerprint density at radius 1 is 1.47 bits per heavy atom. The van der Waals surface area contributed by atoms with Gasteiger partial charge >= 0.3 is 6.18 Å². The fraction of sp³-hybridized carbons (Fsp3) is 0.333. The molecule has 1 N–H and O–H groups in total. The van der Waals surface area contributed by atoms with E-state index in [9.17, 15) is 18.0 Å². The predicted octanol–water partition coefficient (Wildman–Crippen LogP) is 1.31. The van der Waals surface area contributed by atoms with Crippen LogP contribution in [0.3, 0.4) is 0 Å². The number of carbonyl (C=O) groups excluding carboxylic acids is 1. The summed E-state index contributed by atoms with van der Waals surface area (Å²) in [4.78, 5) is 18.9. The number of nitrogens with zero attached hydrogens (tertiary/aromatic N) is 1. The van der Waals surface area contributed by atoms with Crippen LogP contribution in [0.25, 0.3) is 0 Å². The first-order chi connectivity index (χ1) is 7.92. The first-order valence-electron chi connectivity index (χ1n) is 4.41. The maximum atomic E-state index is 11.7. The lowest BCUT2D eigenvalue weighted by molar-refractivity contribution is -0.184. The molecule has 0 aliphatic rings. The second kappa shape index (κ2) is 5.48. The third-order valence-corrected chi connectivity index (χ3v) is 1.61. The van der Waals surface area contributed by atoms with E-state index in [1.165, 1.54) is 19.2 Å². The number of pyridine rings is 1. The summed E-state index contributed by atoms with van der Waals surface area (Å²) >= 11 is 0. The van der Waals surface area contributed by atoms with Gasteiger partial charge in [-0.05, 0) is 6.07 Å². The standard InChI is InChI=1S/C9H9F3N2O3/c1-16-7-3-2-6(4-13-7)8(15)14-17-5-9(10,11)12/h2-4H,5H2,1H3,(H,14,15). The number of methoxy groups -OCH3 is 1. The lowest BCUT2D eigenvalue weighted by Gasteiger charge is -2.08. The van der Waals surface area contributed by atoms with Crippen molar-refractivity contribution in [2.24, 2.45) is 0 Å². The Labute approximate surface area is 94.5 Å². The minimum Gasteiger partial charge on any atom is -0.481 e. The summed E-state index contributed by atoms with van der Waals surface area (Å²) in [5.74, 6) is -0.526. The van der Waals surface area contributed by atoms with Crippen LogP contribution >= 0.6 is 0 Å². The normalized spacial score (nSPS) is 11.1. The number of halogens is 3. The van der Waals surface area contributed by atoms with Crippen molar-refractivity contribution in [2.45, 2.75) is 6.18 Å². The molecule has 0 spiro atoms. The van der Waals surface area contributed by atoms with E-state index in [0.717, 1.165) is 6.20 Å². The number of hydrogen-bond acceptors (Lipinski definition) is 4. The highest BCUT2D eigenvalue weighted by Crippen LogP contribution is 2.13. The summed E-state index contributed by atoms with van der Waals surface area (Å²) in [5.41, 5.74) is 1.72. The monoisotopic (exact) mass is 250 g/mol. The molecule has 1 amide bonds. The van der Waals surface area contributed by atoms with Gasteiger partial charge in [-0.2, -0.15) is 13.2 Å². The van der Waals surface area contributed by atoms with Gasteiger partial charge in [-0.1, -0.05) is 0 Å². The highest BCUT2D eigenvalue weighted by atomic mass is 19.4. The van der Waals surface area contributed by atoms with E-state index in [0.29, 0.717) is 0 Å². The van der Waals surface area contributed by atoms with E-state index in [1.807, 2.05) is 0 Å². The molecule has 1 heterocycles. The smallest absolute Gasteiger partial charge is 0.414 e. The van der Waals surface area contributed by atoms with Gasteiger partial charge in [-0.25, -0.2) is 10.5 Å². The molecule has 0 atom stereocenters. The molecule has 0 aliphatic carbocycles. The van der Waals surface area contributed by atoms with Gasteiger partial charge in [0.25, 0.3) is 5.91 Å². The second-order valence-corrected chi connectivity index (χ2v) is 2.92. The van der Waals surface area contributed by atoms with Gasteiger partial charge in [-0.3, -0.25) is 9.63 Å². The molecule has 0 saturated carbocycles. The van der Waals surface area contributed by atoms with Gasteiger partial charge in [0.15, 0.2) is 6.61 Å². The van der Waals surface area contributed by atoms with Crippen LogP contribution in [0.15, 0.2) is 18.3 Å². The molecule has 94 valence electrons. The Kier molecular flexibility index (Phi) is 4.27. The number of hydroxylamine groups is 1. The number of ether oxygens (including phenoxy) is 1. The third kappa shape index (κ3) is 4.68. The van der Waals surface area contributed by atoms with Crippen LogP contribution in [0.2, 0.25) is 0 Å². The first-order valence-corrected chi connectivity index (χ1v) is 4.41. The van der Waals surface area contributed by atoms with Gasteiger partial charge in [0.2, 0.25) is 5.88 Å². The van der Waals surface area contributed by atoms with Crippen molar-refractivity contribution in [1.82, 2.24) is 10.5 Å². The van der Waals surface area contributed by atoms with Crippen LogP contribution < -0.4 is 10.2 Å². The fourth-order valence-corrected chi connectivity index (χ4v) is 0.878. The van der Waals surface area contributed by atoms with Crippen LogP contribution in [0, 0.1) is 0 Å². The molecule has 0 aliphatic heterocycles. The molecular formula is C9H9F3N2O3. The lowest BCUT2D eigenvalue weighted by Crippen LogP contribution is -2.29. The first kappa shape index (κ1) is 13.2. The van der Waals surface area contributed by atoms with Gasteiger partial charge in [0, 0.05) is 12.3 Å². The Morgan fingerprint density at radius 2 is 2.18 bits per heavy atom. The fourth-order valence-electron chi connectivity index (χ4n) is 0.878. The van der Waals surface area contributed by atoms with Crippen LogP contribution in [0.4, 0.5) is 13.2 Å². The molecule has 1 aromatic heterocycles. The zero-order valence-electron chi connectivity index (χ0n) is 8.75. The number of hydrogen-bond donors (Lipinski definition) is 1. The maximum Gasteiger partial charge on any atom is 0.414 e. The van der Waals surface area contributed by atoms with Gasteiger partial charge in [-0.15, -0.1) is 0 Å². The second-order valence-electron chi connectivity index (χ2n) is 2.92. The van der Waals surface area contributed by atoms with Crippen LogP contribution in [-0.2, 0) is 4.84 Å². The third-order valence-electron chi connectivity index (χ3n) is 1.61. The highest BCUT2D eigenvalue weighted by Gasteiger charge is 2.28. The maximum absolute atomic E-state index is 11.7. The number of aromatic nitrogens is 1. The van der Waals surface area contributed by atoms with Gasteiger partial charge in [0.1, 0.15) is 0 Å². The minimum absolute atomic E-state index is 0.0629. The van der Waals surface area contributed by atoms with Crippen molar-refractivity contribution in [3.8, 4) is 5.88 Å². The van der Waals surface area contributed by atoms with E-state index in [2.05, 4.69) is 9.82 Å². The van der Waals surface area contributed by atoms with E-state index < -0.39 is 18.7 Å². The molecule has 17 heavy (non-hydrogen) atoms. The average Bonchev–Trinajstić information content (AvgIpc) is 2.27. The molecule has 5 nitrogen and oxygen atoms in total. The van der Waals surface area contributed by atoms with E-state index in [4.69, 9.17) is 4.74 Å². The topological polar surface area (TPSA) is 60.5 Å².